The van der Waals surface area contributed by atoms with Crippen molar-refractivity contribution in [3.05, 3.63) is 24.4 Å². The van der Waals surface area contributed by atoms with E-state index < -0.39 is 43.2 Å². The van der Waals surface area contributed by atoms with Crippen LogP contribution in [-0.2, 0) is 14.3 Å². The lowest BCUT2D eigenvalue weighted by molar-refractivity contribution is -0.561. The Morgan fingerprint density at radius 1 is 1.41 bits per heavy atom. The second-order valence-electron chi connectivity index (χ2n) is 6.42. The molecule has 1 aromatic rings. The number of amides is 1. The third kappa shape index (κ3) is 4.20. The summed E-state index contributed by atoms with van der Waals surface area (Å²) in [6, 6.07) is 4.14. The molecule has 27 heavy (non-hydrogen) atoms. The molecule has 0 spiro atoms. The zero-order valence-corrected chi connectivity index (χ0v) is 14.7. The highest BCUT2D eigenvalue weighted by molar-refractivity contribution is 6.01. The van der Waals surface area contributed by atoms with Gasteiger partial charge >= 0.3 is 11.7 Å². The lowest BCUT2D eigenvalue weighted by Gasteiger charge is -2.42. The Bertz CT molecular complexity index is 754. The van der Waals surface area contributed by atoms with Crippen LogP contribution < -0.4 is 9.88 Å². The van der Waals surface area contributed by atoms with E-state index in [4.69, 9.17) is 9.47 Å². The van der Waals surface area contributed by atoms with Crippen LogP contribution in [0.1, 0.15) is 18.1 Å². The van der Waals surface area contributed by atoms with Gasteiger partial charge < -0.3 is 30.1 Å². The van der Waals surface area contributed by atoms with Crippen molar-refractivity contribution in [1.29, 1.82) is 0 Å². The number of aliphatic imine (C=N–C) groups is 1. The second-order valence-corrected chi connectivity index (χ2v) is 6.42. The van der Waals surface area contributed by atoms with Gasteiger partial charge in [0.15, 0.2) is 12.0 Å². The van der Waals surface area contributed by atoms with Gasteiger partial charge in [-0.05, 0) is 11.1 Å². The number of hydrogen-bond donors (Lipinski definition) is 4. The lowest BCUT2D eigenvalue weighted by Crippen LogP contribution is -2.64. The van der Waals surface area contributed by atoms with Crippen molar-refractivity contribution < 1.29 is 38.9 Å². The van der Waals surface area contributed by atoms with Crippen LogP contribution in [0.3, 0.4) is 0 Å². The average molecular weight is 380 g/mol. The monoisotopic (exact) mass is 380 g/mol. The molecule has 0 radical (unpaired) electrons. The zero-order valence-electron chi connectivity index (χ0n) is 14.7. The highest BCUT2D eigenvalue weighted by Crippen LogP contribution is 2.22. The highest BCUT2D eigenvalue weighted by Gasteiger charge is 2.45. The van der Waals surface area contributed by atoms with Gasteiger partial charge in [0.1, 0.15) is 37.4 Å². The first kappa shape index (κ1) is 19.5. The molecular formula is C17H22N3O7+. The van der Waals surface area contributed by atoms with E-state index >= 15 is 0 Å². The maximum Gasteiger partial charge on any atom is 0.330 e. The molecule has 1 saturated heterocycles. The standard InChI is InChI=1S/C17H21N3O7/c1-9(22)18-14-16(25)15(24)11(7-21)27-17(14)26-8-10-6-13(23)20-5-3-2-4-12(20)19-10/h2-5,11,14-17,21,24-25H,6-8H2,1H3/p+1/t11-,14-,15-,16-,17-/m1/s1. The van der Waals surface area contributed by atoms with E-state index in [0.717, 1.165) is 0 Å². The number of rotatable bonds is 5. The molecule has 0 unspecified atom stereocenters. The Balaban J connectivity index is 1.73. The summed E-state index contributed by atoms with van der Waals surface area (Å²) in [6.07, 6.45) is -3.30. The van der Waals surface area contributed by atoms with E-state index in [2.05, 4.69) is 10.3 Å². The van der Waals surface area contributed by atoms with Gasteiger partial charge in [-0.2, -0.15) is 4.57 Å². The Kier molecular flexibility index (Phi) is 5.92. The van der Waals surface area contributed by atoms with Crippen LogP contribution in [0.4, 0.5) is 5.82 Å². The largest absolute Gasteiger partial charge is 0.394 e. The van der Waals surface area contributed by atoms with Crippen molar-refractivity contribution in [3.8, 4) is 0 Å². The third-order valence-electron chi connectivity index (χ3n) is 4.40. The molecule has 0 aliphatic carbocycles. The average Bonchev–Trinajstić information content (AvgIpc) is 2.64. The van der Waals surface area contributed by atoms with Gasteiger partial charge in [-0.3, -0.25) is 4.79 Å². The Hall–Kier alpha value is -2.24. The van der Waals surface area contributed by atoms with Crippen LogP contribution in [0.5, 0.6) is 0 Å². The first-order valence-electron chi connectivity index (χ1n) is 8.52. The van der Waals surface area contributed by atoms with Crippen molar-refractivity contribution in [2.45, 2.75) is 44.0 Å². The summed E-state index contributed by atoms with van der Waals surface area (Å²) in [5.41, 5.74) is 0.456. The number of aliphatic hydroxyl groups excluding tert-OH is 3. The van der Waals surface area contributed by atoms with Crippen LogP contribution in [0.25, 0.3) is 0 Å². The number of ether oxygens (including phenoxy) is 2. The number of carbonyl (C=O) groups is 2. The summed E-state index contributed by atoms with van der Waals surface area (Å²) in [5, 5.41) is 32.0. The number of pyridine rings is 1. The Morgan fingerprint density at radius 3 is 2.89 bits per heavy atom. The maximum atomic E-state index is 12.2. The summed E-state index contributed by atoms with van der Waals surface area (Å²) in [6.45, 7) is 0.642. The fourth-order valence-corrected chi connectivity index (χ4v) is 3.07. The minimum Gasteiger partial charge on any atom is -0.394 e. The molecule has 1 amide bonds. The summed E-state index contributed by atoms with van der Waals surface area (Å²) in [7, 11) is 0. The molecule has 2 aliphatic heterocycles. The van der Waals surface area contributed by atoms with Gasteiger partial charge in [-0.25, -0.2) is 4.79 Å². The highest BCUT2D eigenvalue weighted by atomic mass is 16.7. The minimum atomic E-state index is -1.39. The van der Waals surface area contributed by atoms with Crippen LogP contribution in [0, 0.1) is 0 Å². The normalized spacial score (nSPS) is 30.4. The number of aromatic nitrogens is 1. The van der Waals surface area contributed by atoms with Gasteiger partial charge in [-0.15, -0.1) is 0 Å². The van der Waals surface area contributed by atoms with Crippen molar-refractivity contribution in [2.75, 3.05) is 13.2 Å². The Morgan fingerprint density at radius 2 is 2.19 bits per heavy atom. The molecule has 10 heteroatoms. The van der Waals surface area contributed by atoms with Crippen molar-refractivity contribution in [3.63, 3.8) is 0 Å². The molecule has 3 heterocycles. The number of nitrogens with zero attached hydrogens (tertiary/aromatic N) is 2. The molecule has 10 nitrogen and oxygen atoms in total. The maximum absolute atomic E-state index is 12.2. The smallest absolute Gasteiger partial charge is 0.330 e. The molecule has 0 bridgehead atoms. The number of aliphatic hydroxyl groups is 3. The number of carbonyl (C=O) groups excluding carboxylic acids is 2. The van der Waals surface area contributed by atoms with Crippen LogP contribution in [0.15, 0.2) is 29.4 Å². The molecule has 0 saturated carbocycles. The van der Waals surface area contributed by atoms with E-state index in [1.54, 1.807) is 24.4 Å². The van der Waals surface area contributed by atoms with Crippen LogP contribution in [0.2, 0.25) is 0 Å². The van der Waals surface area contributed by atoms with Crippen LogP contribution >= 0.6 is 0 Å². The van der Waals surface area contributed by atoms with E-state index in [1.807, 2.05) is 0 Å². The quantitative estimate of drug-likeness (QED) is 0.435. The molecule has 146 valence electrons. The molecule has 1 aromatic heterocycles. The molecular weight excluding hydrogens is 358 g/mol. The second kappa shape index (κ2) is 8.19. The topological polar surface area (TPSA) is 142 Å². The van der Waals surface area contributed by atoms with Gasteiger partial charge in [0.2, 0.25) is 5.91 Å². The predicted octanol–water partition coefficient (Wildman–Crippen LogP) is -1.95. The molecule has 1 fully saturated rings. The van der Waals surface area contributed by atoms with E-state index in [-0.39, 0.29) is 18.9 Å². The van der Waals surface area contributed by atoms with Gasteiger partial charge in [-0.1, -0.05) is 6.07 Å². The minimum absolute atomic E-state index is 0.0494. The lowest BCUT2D eigenvalue weighted by atomic mass is 9.97. The summed E-state index contributed by atoms with van der Waals surface area (Å²) < 4.78 is 12.5. The van der Waals surface area contributed by atoms with E-state index in [9.17, 15) is 24.9 Å². The molecule has 4 N–H and O–H groups in total. The molecule has 5 atom stereocenters. The fourth-order valence-electron chi connectivity index (χ4n) is 3.07. The third-order valence-corrected chi connectivity index (χ3v) is 4.40. The van der Waals surface area contributed by atoms with E-state index in [1.165, 1.54) is 11.5 Å². The summed E-state index contributed by atoms with van der Waals surface area (Å²) in [4.78, 5) is 28.0. The van der Waals surface area contributed by atoms with Gasteiger partial charge in [0.25, 0.3) is 0 Å². The van der Waals surface area contributed by atoms with Gasteiger partial charge in [0, 0.05) is 13.0 Å². The summed E-state index contributed by atoms with van der Waals surface area (Å²) >= 11 is 0. The zero-order chi connectivity index (χ0) is 19.6. The van der Waals surface area contributed by atoms with E-state index in [0.29, 0.717) is 11.5 Å². The number of fused-ring (bicyclic) bond motifs is 1. The predicted molar refractivity (Wildman–Crippen MR) is 90.3 cm³/mol. The van der Waals surface area contributed by atoms with Crippen LogP contribution in [-0.4, -0.2) is 76.7 Å². The Labute approximate surface area is 155 Å². The number of nitrogens with one attached hydrogen (secondary N) is 1. The summed E-state index contributed by atoms with van der Waals surface area (Å²) in [5.74, 6) is -0.133. The molecule has 3 rings (SSSR count). The first-order chi connectivity index (χ1) is 12.9. The SMILES string of the molecule is CC(=O)N[C@H]1[C@H](OCC2=Nc3cccc[n+]3C(=O)C2)O[C@H](CO)[C@@H](O)[C@@H]1O. The molecule has 0 aromatic carbocycles. The van der Waals surface area contributed by atoms with Crippen molar-refractivity contribution in [2.24, 2.45) is 4.99 Å². The van der Waals surface area contributed by atoms with Gasteiger partial charge in [0.05, 0.1) is 12.8 Å². The number of hydrogen-bond acceptors (Lipinski definition) is 8. The first-order valence-corrected chi connectivity index (χ1v) is 8.52. The van der Waals surface area contributed by atoms with Crippen molar-refractivity contribution >= 4 is 23.3 Å². The van der Waals surface area contributed by atoms with Crippen molar-refractivity contribution in [1.82, 2.24) is 5.32 Å². The molecule has 2 aliphatic rings. The fraction of sp³-hybridized carbons (Fsp3) is 0.529.